The highest BCUT2D eigenvalue weighted by Crippen LogP contribution is 2.58. The van der Waals surface area contributed by atoms with Gasteiger partial charge in [0.05, 0.1) is 0 Å². The van der Waals surface area contributed by atoms with E-state index in [1.807, 2.05) is 0 Å². The maximum absolute atomic E-state index is 2.53. The molecule has 0 heterocycles. The van der Waals surface area contributed by atoms with Crippen molar-refractivity contribution in [3.8, 4) is 89.0 Å². The zero-order valence-corrected chi connectivity index (χ0v) is 52.8. The molecule has 2 nitrogen and oxygen atoms in total. The second-order valence-corrected chi connectivity index (χ2v) is 27.4. The van der Waals surface area contributed by atoms with E-state index < -0.39 is 0 Å². The fourth-order valence-electron chi connectivity index (χ4n) is 17.7. The second kappa shape index (κ2) is 19.5. The van der Waals surface area contributed by atoms with Crippen molar-refractivity contribution in [1.82, 2.24) is 0 Å². The van der Waals surface area contributed by atoms with E-state index in [1.165, 1.54) is 165 Å². The zero-order chi connectivity index (χ0) is 62.3. The number of nitrogens with zero attached hydrogens (tertiary/aromatic N) is 2. The van der Waals surface area contributed by atoms with E-state index in [-0.39, 0.29) is 10.8 Å². The Bertz CT molecular complexity index is 5930. The third-order valence-electron chi connectivity index (χ3n) is 21.9. The Balaban J connectivity index is 0.891. The van der Waals surface area contributed by atoms with Gasteiger partial charge in [-0.2, -0.15) is 0 Å². The molecule has 0 saturated heterocycles. The van der Waals surface area contributed by atoms with Gasteiger partial charge in [0, 0.05) is 45.0 Å². The number of hydrogen-bond donors (Lipinski definition) is 0. The lowest BCUT2D eigenvalue weighted by Gasteiger charge is -2.30. The van der Waals surface area contributed by atoms with Crippen LogP contribution >= 0.6 is 0 Å². The van der Waals surface area contributed by atoms with Gasteiger partial charge in [-0.15, -0.1) is 0 Å². The van der Waals surface area contributed by atoms with E-state index in [1.54, 1.807) is 0 Å². The van der Waals surface area contributed by atoms with E-state index in [0.717, 1.165) is 34.1 Å². The molecule has 0 bridgehead atoms. The average molecular weight is 1200 g/mol. The van der Waals surface area contributed by atoms with Crippen molar-refractivity contribution < 1.29 is 0 Å². The average Bonchev–Trinajstić information content (AvgIpc) is 1.05. The molecule has 0 aliphatic heterocycles. The first-order chi connectivity index (χ1) is 46.2. The molecule has 0 fully saturated rings. The summed E-state index contributed by atoms with van der Waals surface area (Å²) < 4.78 is 0. The third kappa shape index (κ3) is 7.31. The topological polar surface area (TPSA) is 6.48 Å². The van der Waals surface area contributed by atoms with Crippen LogP contribution in [0.4, 0.5) is 34.1 Å². The first-order valence-electron chi connectivity index (χ1n) is 33.1. The predicted molar refractivity (Wildman–Crippen MR) is 398 cm³/mol. The Morgan fingerprint density at radius 3 is 1.10 bits per heavy atom. The van der Waals surface area contributed by atoms with Gasteiger partial charge in [-0.1, -0.05) is 258 Å². The predicted octanol–water partition coefficient (Wildman–Crippen LogP) is 25.6. The minimum atomic E-state index is -0.247. The van der Waals surface area contributed by atoms with Gasteiger partial charge >= 0.3 is 0 Å². The maximum Gasteiger partial charge on any atom is 0.0468 e. The normalized spacial score (nSPS) is 13.7. The Hall–Kier alpha value is -11.6. The van der Waals surface area contributed by atoms with E-state index >= 15 is 0 Å². The van der Waals surface area contributed by atoms with Gasteiger partial charge in [0.25, 0.3) is 0 Å². The van der Waals surface area contributed by atoms with Crippen molar-refractivity contribution >= 4 is 88.0 Å². The lowest BCUT2D eigenvalue weighted by Crippen LogP contribution is -2.17. The molecular weight excluding hydrogens is 1130 g/mol. The van der Waals surface area contributed by atoms with Crippen molar-refractivity contribution in [1.29, 1.82) is 0 Å². The van der Waals surface area contributed by atoms with E-state index in [2.05, 4.69) is 341 Å². The molecular formula is C92H62N2. The van der Waals surface area contributed by atoms with Gasteiger partial charge in [-0.25, -0.2) is 0 Å². The molecule has 0 atom stereocenters. The van der Waals surface area contributed by atoms with Crippen LogP contribution in [0.1, 0.15) is 49.9 Å². The van der Waals surface area contributed by atoms with E-state index in [9.17, 15) is 0 Å². The molecule has 0 radical (unpaired) electrons. The highest BCUT2D eigenvalue weighted by molar-refractivity contribution is 6.30. The van der Waals surface area contributed by atoms with Gasteiger partial charge in [-0.3, -0.25) is 0 Å². The van der Waals surface area contributed by atoms with Crippen molar-refractivity contribution in [2.45, 2.75) is 38.5 Å². The lowest BCUT2D eigenvalue weighted by atomic mass is 9.80. The number of fused-ring (bicyclic) bond motifs is 16. The van der Waals surface area contributed by atoms with E-state index in [4.69, 9.17) is 0 Å². The molecule has 20 rings (SSSR count). The van der Waals surface area contributed by atoms with E-state index in [0.29, 0.717) is 0 Å². The molecule has 440 valence electrons. The Kier molecular flexibility index (Phi) is 11.0. The fraction of sp³-hybridized carbons (Fsp3) is 0.0652. The smallest absolute Gasteiger partial charge is 0.0468 e. The highest BCUT2D eigenvalue weighted by atomic mass is 15.1. The first kappa shape index (κ1) is 53.1. The van der Waals surface area contributed by atoms with Crippen LogP contribution < -0.4 is 9.80 Å². The largest absolute Gasteiger partial charge is 0.310 e. The number of rotatable bonds is 8. The minimum absolute atomic E-state index is 0.182. The number of para-hydroxylation sites is 2. The SMILES string of the molecule is CC1(C)c2ccccc2-c2ccc(N(c3ccccc3)c3ccc4c(-c5ccc6c7c(cccc57)-c5ccccc5-6)c5cc(N(c6ccccc6)c6ccc7c(c6)C(C)(C)c6c-7ccc7ccccc67)ccc5c(-c5ccc6c7c(cccc57)-c5ccccc5-6)c4c3)cc21. The molecule has 0 spiro atoms. The third-order valence-corrected chi connectivity index (χ3v) is 21.9. The summed E-state index contributed by atoms with van der Waals surface area (Å²) in [6, 6.07) is 115. The van der Waals surface area contributed by atoms with Crippen LogP contribution in [-0.2, 0) is 10.8 Å². The Labute approximate surface area is 547 Å². The quantitative estimate of drug-likeness (QED) is 0.140. The first-order valence-corrected chi connectivity index (χ1v) is 33.1. The molecule has 94 heavy (non-hydrogen) atoms. The summed E-state index contributed by atoms with van der Waals surface area (Å²) in [5.74, 6) is 0. The van der Waals surface area contributed by atoms with Crippen LogP contribution in [-0.4, -0.2) is 0 Å². The van der Waals surface area contributed by atoms with Crippen LogP contribution in [0.25, 0.3) is 143 Å². The minimum Gasteiger partial charge on any atom is -0.310 e. The summed E-state index contributed by atoms with van der Waals surface area (Å²) in [6.45, 7) is 9.61. The molecule has 4 aliphatic carbocycles. The number of benzene rings is 16. The van der Waals surface area contributed by atoms with Crippen LogP contribution in [0, 0.1) is 0 Å². The molecule has 4 aliphatic rings. The number of anilines is 6. The monoisotopic (exact) mass is 1190 g/mol. The van der Waals surface area contributed by atoms with Crippen molar-refractivity contribution in [2.24, 2.45) is 0 Å². The molecule has 2 heteroatoms. The molecule has 0 unspecified atom stereocenters. The zero-order valence-electron chi connectivity index (χ0n) is 52.8. The van der Waals surface area contributed by atoms with Gasteiger partial charge in [-0.05, 0) is 238 Å². The summed E-state index contributed by atoms with van der Waals surface area (Å²) in [6.07, 6.45) is 0. The highest BCUT2D eigenvalue weighted by Gasteiger charge is 2.39. The van der Waals surface area contributed by atoms with Crippen LogP contribution in [0.2, 0.25) is 0 Å². The van der Waals surface area contributed by atoms with Crippen molar-refractivity contribution in [3.05, 3.63) is 326 Å². The summed E-state index contributed by atoms with van der Waals surface area (Å²) in [4.78, 5) is 4.99. The molecule has 0 N–H and O–H groups in total. The van der Waals surface area contributed by atoms with Gasteiger partial charge in [0.15, 0.2) is 0 Å². The van der Waals surface area contributed by atoms with Gasteiger partial charge < -0.3 is 9.80 Å². The summed E-state index contributed by atoms with van der Waals surface area (Å²) in [7, 11) is 0. The summed E-state index contributed by atoms with van der Waals surface area (Å²) in [5, 5.41) is 12.5. The van der Waals surface area contributed by atoms with Gasteiger partial charge in [0.1, 0.15) is 0 Å². The molecule has 16 aromatic carbocycles. The summed E-state index contributed by atoms with van der Waals surface area (Å²) >= 11 is 0. The van der Waals surface area contributed by atoms with Gasteiger partial charge in [0.2, 0.25) is 0 Å². The van der Waals surface area contributed by atoms with Crippen molar-refractivity contribution in [2.75, 3.05) is 9.80 Å². The standard InChI is InChI=1S/C92H62N2/c1-91(2)83-36-18-17-31-67(83)68-43-38-60(53-84(68)91)93(56-22-7-5-8-23-56)58-40-45-78-81(51-58)88(76-49-47-74-65-29-15-13-27-63(65)70-32-19-34-72(76)86(70)74)79-46-41-59(52-82(79)89(78)77-50-48-75-66-30-16-14-28-64(66)71-33-20-35-73(77)87(71)75)94(57-24-9-6-10-25-57)61-39-44-69-80-42-37-55-21-11-12-26-62(55)90(80)92(3,4)85(69)54-61/h5-54H,1-4H3. The summed E-state index contributed by atoms with van der Waals surface area (Å²) in [5.41, 5.74) is 32.1. The van der Waals surface area contributed by atoms with Crippen LogP contribution in [0.3, 0.4) is 0 Å². The molecule has 0 amide bonds. The fourth-order valence-corrected chi connectivity index (χ4v) is 17.7. The molecule has 0 aromatic heterocycles. The number of hydrogen-bond acceptors (Lipinski definition) is 2. The molecule has 16 aromatic rings. The van der Waals surface area contributed by atoms with Crippen LogP contribution in [0.5, 0.6) is 0 Å². The lowest BCUT2D eigenvalue weighted by molar-refractivity contribution is 0.660. The van der Waals surface area contributed by atoms with Crippen LogP contribution in [0.15, 0.2) is 303 Å². The maximum atomic E-state index is 2.53. The Morgan fingerprint density at radius 1 is 0.202 bits per heavy atom. The Morgan fingerprint density at radius 2 is 0.564 bits per heavy atom. The van der Waals surface area contributed by atoms with Crippen molar-refractivity contribution in [3.63, 3.8) is 0 Å². The second-order valence-electron chi connectivity index (χ2n) is 27.4. The molecule has 0 saturated carbocycles.